The van der Waals surface area contributed by atoms with E-state index in [1.165, 1.54) is 25.7 Å². The summed E-state index contributed by atoms with van der Waals surface area (Å²) in [6.45, 7) is 4.61. The molecule has 0 aromatic carbocycles. The van der Waals surface area contributed by atoms with Gasteiger partial charge in [0.25, 0.3) is 0 Å². The Morgan fingerprint density at radius 1 is 1.23 bits per heavy atom. The van der Waals surface area contributed by atoms with Crippen molar-refractivity contribution in [3.63, 3.8) is 0 Å². The fourth-order valence-corrected chi connectivity index (χ4v) is 3.19. The van der Waals surface area contributed by atoms with Gasteiger partial charge in [0, 0.05) is 24.2 Å². The second kappa shape index (κ2) is 3.56. The molecule has 1 unspecified atom stereocenters. The van der Waals surface area contributed by atoms with Gasteiger partial charge in [-0.3, -0.25) is 16.2 Å². The molecule has 0 aromatic heterocycles. The van der Waals surface area contributed by atoms with E-state index < -0.39 is 0 Å². The third kappa shape index (κ3) is 1.60. The van der Waals surface area contributed by atoms with Crippen LogP contribution in [-0.2, 0) is 0 Å². The highest BCUT2D eigenvalue weighted by atomic mass is 15.3. The molecule has 2 fully saturated rings. The lowest BCUT2D eigenvalue weighted by Gasteiger charge is -2.41. The first kappa shape index (κ1) is 9.44. The number of rotatable bonds is 2. The highest BCUT2D eigenvalue weighted by Crippen LogP contribution is 2.36. The van der Waals surface area contributed by atoms with Crippen LogP contribution in [0.2, 0.25) is 0 Å². The lowest BCUT2D eigenvalue weighted by molar-refractivity contribution is 0.0851. The fraction of sp³-hybridized carbons (Fsp3) is 1.00. The van der Waals surface area contributed by atoms with E-state index in [0.29, 0.717) is 12.1 Å². The number of hydrogen-bond donors (Lipinski definition) is 2. The minimum atomic E-state index is 0.562. The Balaban J connectivity index is 2.04. The van der Waals surface area contributed by atoms with Crippen molar-refractivity contribution in [3.8, 4) is 0 Å². The third-order valence-corrected chi connectivity index (χ3v) is 3.62. The van der Waals surface area contributed by atoms with Gasteiger partial charge >= 0.3 is 0 Å². The highest BCUT2D eigenvalue weighted by Gasteiger charge is 2.41. The maximum absolute atomic E-state index is 5.51. The molecule has 2 aliphatic rings. The van der Waals surface area contributed by atoms with Gasteiger partial charge in [0.2, 0.25) is 0 Å². The van der Waals surface area contributed by atoms with E-state index in [-0.39, 0.29) is 0 Å². The molecule has 0 radical (unpaired) electrons. The van der Waals surface area contributed by atoms with E-state index in [1.54, 1.807) is 0 Å². The summed E-state index contributed by atoms with van der Waals surface area (Å²) in [6, 6.07) is 2.85. The number of fused-ring (bicyclic) bond motifs is 2. The zero-order chi connectivity index (χ0) is 9.42. The van der Waals surface area contributed by atoms with E-state index >= 15 is 0 Å². The number of piperidine rings is 1. The van der Waals surface area contributed by atoms with Gasteiger partial charge in [0.15, 0.2) is 0 Å². The molecule has 2 saturated heterocycles. The Hall–Kier alpha value is -0.120. The topological polar surface area (TPSA) is 41.3 Å². The lowest BCUT2D eigenvalue weighted by atomic mass is 9.96. The van der Waals surface area contributed by atoms with Crippen LogP contribution >= 0.6 is 0 Å². The molecule has 3 nitrogen and oxygen atoms in total. The van der Waals surface area contributed by atoms with Gasteiger partial charge < -0.3 is 0 Å². The molecule has 0 amide bonds. The van der Waals surface area contributed by atoms with E-state index in [4.69, 9.17) is 5.84 Å². The van der Waals surface area contributed by atoms with Crippen LogP contribution in [0.3, 0.4) is 0 Å². The van der Waals surface area contributed by atoms with Gasteiger partial charge in [0.05, 0.1) is 0 Å². The zero-order valence-electron chi connectivity index (χ0n) is 8.66. The summed E-state index contributed by atoms with van der Waals surface area (Å²) in [6.07, 6.45) is 5.23. The molecule has 2 bridgehead atoms. The molecule has 2 rings (SSSR count). The second-order valence-electron chi connectivity index (χ2n) is 4.76. The normalized spacial score (nSPS) is 40.2. The molecule has 2 heterocycles. The van der Waals surface area contributed by atoms with Crippen LogP contribution < -0.4 is 11.3 Å². The van der Waals surface area contributed by atoms with Crippen LogP contribution in [0.5, 0.6) is 0 Å². The summed E-state index contributed by atoms with van der Waals surface area (Å²) < 4.78 is 0. The Morgan fingerprint density at radius 2 is 1.77 bits per heavy atom. The van der Waals surface area contributed by atoms with Crippen LogP contribution in [0.4, 0.5) is 0 Å². The number of hydrogen-bond acceptors (Lipinski definition) is 3. The van der Waals surface area contributed by atoms with Gasteiger partial charge in [-0.2, -0.15) is 0 Å². The van der Waals surface area contributed by atoms with Gasteiger partial charge in [-0.15, -0.1) is 0 Å². The van der Waals surface area contributed by atoms with Crippen LogP contribution in [0.25, 0.3) is 0 Å². The Morgan fingerprint density at radius 3 is 2.15 bits per heavy atom. The maximum atomic E-state index is 5.51. The van der Waals surface area contributed by atoms with Crippen LogP contribution in [0.15, 0.2) is 0 Å². The average molecular weight is 183 g/mol. The summed E-state index contributed by atoms with van der Waals surface area (Å²) in [5.74, 6) is 5.51. The largest absolute Gasteiger partial charge is 0.295 e. The smallest absolute Gasteiger partial charge is 0.0240 e. The van der Waals surface area contributed by atoms with E-state index in [0.717, 1.165) is 12.1 Å². The first-order chi connectivity index (χ1) is 6.22. The van der Waals surface area contributed by atoms with Crippen molar-refractivity contribution in [1.82, 2.24) is 10.3 Å². The molecule has 0 aliphatic carbocycles. The summed E-state index contributed by atoms with van der Waals surface area (Å²) in [7, 11) is 0. The van der Waals surface area contributed by atoms with E-state index in [2.05, 4.69) is 24.2 Å². The third-order valence-electron chi connectivity index (χ3n) is 3.62. The van der Waals surface area contributed by atoms with Crippen molar-refractivity contribution in [2.75, 3.05) is 0 Å². The fourth-order valence-electron chi connectivity index (χ4n) is 3.19. The van der Waals surface area contributed by atoms with Crippen molar-refractivity contribution < 1.29 is 0 Å². The standard InChI is InChI=1S/C10H21N3/c1-7(2)13-9-3-4-10(13)6-8(5-9)12-11/h7-10,12H,3-6,11H2,1-2H3/t8?,9-,10+. The first-order valence-corrected chi connectivity index (χ1v) is 5.46. The zero-order valence-corrected chi connectivity index (χ0v) is 8.66. The van der Waals surface area contributed by atoms with Gasteiger partial charge in [0.1, 0.15) is 0 Å². The van der Waals surface area contributed by atoms with Crippen LogP contribution in [0.1, 0.15) is 39.5 Å². The number of hydrazine groups is 1. The minimum Gasteiger partial charge on any atom is -0.295 e. The molecule has 76 valence electrons. The second-order valence-corrected chi connectivity index (χ2v) is 4.76. The Bertz CT molecular complexity index is 167. The molecule has 0 saturated carbocycles. The van der Waals surface area contributed by atoms with Gasteiger partial charge in [-0.05, 0) is 39.5 Å². The quantitative estimate of drug-likeness (QED) is 0.493. The molecule has 3 heteroatoms. The summed E-state index contributed by atoms with van der Waals surface area (Å²) >= 11 is 0. The number of nitrogens with two attached hydrogens (primary N) is 1. The van der Waals surface area contributed by atoms with Crippen molar-refractivity contribution in [2.45, 2.75) is 63.7 Å². The van der Waals surface area contributed by atoms with E-state index in [9.17, 15) is 0 Å². The van der Waals surface area contributed by atoms with E-state index in [1.807, 2.05) is 0 Å². The maximum Gasteiger partial charge on any atom is 0.0240 e. The predicted octanol–water partition coefficient (Wildman–Crippen LogP) is 0.854. The Labute approximate surface area is 80.6 Å². The molecular formula is C10H21N3. The molecule has 2 aliphatic heterocycles. The number of nitrogens with one attached hydrogen (secondary N) is 1. The molecule has 0 aromatic rings. The molecule has 3 atom stereocenters. The SMILES string of the molecule is CC(C)N1[C@@H]2CC[C@H]1CC(NN)C2. The van der Waals surface area contributed by atoms with Crippen LogP contribution in [0, 0.1) is 0 Å². The van der Waals surface area contributed by atoms with Crippen molar-refractivity contribution in [2.24, 2.45) is 5.84 Å². The minimum absolute atomic E-state index is 0.562. The summed E-state index contributed by atoms with van der Waals surface area (Å²) in [4.78, 5) is 2.69. The number of nitrogens with zero attached hydrogens (tertiary/aromatic N) is 1. The van der Waals surface area contributed by atoms with Gasteiger partial charge in [-0.25, -0.2) is 0 Å². The first-order valence-electron chi connectivity index (χ1n) is 5.46. The van der Waals surface area contributed by atoms with Crippen molar-refractivity contribution >= 4 is 0 Å². The van der Waals surface area contributed by atoms with Crippen LogP contribution in [-0.4, -0.2) is 29.1 Å². The average Bonchev–Trinajstić information content (AvgIpc) is 2.37. The predicted molar refractivity (Wildman–Crippen MR) is 54.1 cm³/mol. The monoisotopic (exact) mass is 183 g/mol. The molecular weight excluding hydrogens is 162 g/mol. The van der Waals surface area contributed by atoms with Crippen molar-refractivity contribution in [1.29, 1.82) is 0 Å². The van der Waals surface area contributed by atoms with Crippen molar-refractivity contribution in [3.05, 3.63) is 0 Å². The highest BCUT2D eigenvalue weighted by molar-refractivity contribution is 4.98. The van der Waals surface area contributed by atoms with Gasteiger partial charge in [-0.1, -0.05) is 0 Å². The summed E-state index contributed by atoms with van der Waals surface area (Å²) in [5.41, 5.74) is 2.94. The lowest BCUT2D eigenvalue weighted by Crippen LogP contribution is -2.52. The summed E-state index contributed by atoms with van der Waals surface area (Å²) in [5, 5.41) is 0. The molecule has 0 spiro atoms. The molecule has 13 heavy (non-hydrogen) atoms. The Kier molecular flexibility index (Phi) is 2.58. The molecule has 3 N–H and O–H groups in total.